The van der Waals surface area contributed by atoms with Crippen molar-refractivity contribution < 1.29 is 14.7 Å². The predicted octanol–water partition coefficient (Wildman–Crippen LogP) is 2.24. The van der Waals surface area contributed by atoms with Gasteiger partial charge in [-0.05, 0) is 24.8 Å². The summed E-state index contributed by atoms with van der Waals surface area (Å²) < 4.78 is 0. The van der Waals surface area contributed by atoms with Crippen LogP contribution in [0.25, 0.3) is 0 Å². The van der Waals surface area contributed by atoms with Crippen LogP contribution < -0.4 is 0 Å². The summed E-state index contributed by atoms with van der Waals surface area (Å²) in [5.74, 6) is -1.01. The van der Waals surface area contributed by atoms with E-state index in [1.807, 2.05) is 6.26 Å². The minimum absolute atomic E-state index is 0.0317. The molecule has 1 N–H and O–H groups in total. The molecule has 1 aromatic carbocycles. The fourth-order valence-corrected chi connectivity index (χ4v) is 2.04. The second-order valence-electron chi connectivity index (χ2n) is 3.18. The Morgan fingerprint density at radius 1 is 1.40 bits per heavy atom. The summed E-state index contributed by atoms with van der Waals surface area (Å²) in [6, 6.07) is 5.21. The Labute approximate surface area is 92.5 Å². The average Bonchev–Trinajstić information content (AvgIpc) is 2.15. The number of Topliss-reactive ketones (excluding diaryl/α,β-unsaturated/α-hetero) is 1. The van der Waals surface area contributed by atoms with Crippen molar-refractivity contribution in [3.05, 3.63) is 29.3 Å². The summed E-state index contributed by atoms with van der Waals surface area (Å²) in [4.78, 5) is 22.7. The number of carbonyl (C=O) groups excluding carboxylic acids is 1. The molecule has 0 aliphatic rings. The number of carboxylic acids is 1. The molecule has 4 heteroatoms. The molecule has 0 unspecified atom stereocenters. The second kappa shape index (κ2) is 4.98. The van der Waals surface area contributed by atoms with E-state index in [-0.39, 0.29) is 17.8 Å². The van der Waals surface area contributed by atoms with E-state index in [2.05, 4.69) is 0 Å². The number of benzene rings is 1. The van der Waals surface area contributed by atoms with Gasteiger partial charge in [-0.1, -0.05) is 12.1 Å². The van der Waals surface area contributed by atoms with Crippen LogP contribution >= 0.6 is 11.8 Å². The van der Waals surface area contributed by atoms with Gasteiger partial charge in [0.05, 0.1) is 5.56 Å². The molecule has 80 valence electrons. The Bertz CT molecular complexity index is 399. The molecular weight excluding hydrogens is 212 g/mol. The molecule has 0 aliphatic heterocycles. The van der Waals surface area contributed by atoms with Gasteiger partial charge in [-0.3, -0.25) is 4.79 Å². The third-order valence-electron chi connectivity index (χ3n) is 1.99. The van der Waals surface area contributed by atoms with Crippen molar-refractivity contribution >= 4 is 23.5 Å². The van der Waals surface area contributed by atoms with Crippen molar-refractivity contribution in [3.8, 4) is 0 Å². The van der Waals surface area contributed by atoms with Crippen LogP contribution in [0.2, 0.25) is 0 Å². The lowest BCUT2D eigenvalue weighted by atomic mass is 10.0. The standard InChI is InChI=1S/C11H12O3S/c1-7(12)6-8-4-3-5-9(15-2)10(8)11(13)14/h3-5H,6H2,1-2H3,(H,13,14). The van der Waals surface area contributed by atoms with Gasteiger partial charge < -0.3 is 5.11 Å². The number of aromatic carboxylic acids is 1. The number of thioether (sulfide) groups is 1. The third-order valence-corrected chi connectivity index (χ3v) is 2.77. The predicted molar refractivity (Wildman–Crippen MR) is 59.6 cm³/mol. The van der Waals surface area contributed by atoms with Crippen LogP contribution in [-0.2, 0) is 11.2 Å². The largest absolute Gasteiger partial charge is 0.478 e. The Balaban J connectivity index is 3.25. The van der Waals surface area contributed by atoms with E-state index >= 15 is 0 Å². The third kappa shape index (κ3) is 2.83. The summed E-state index contributed by atoms with van der Waals surface area (Å²) in [6.45, 7) is 1.46. The van der Waals surface area contributed by atoms with Gasteiger partial charge in [0.2, 0.25) is 0 Å². The monoisotopic (exact) mass is 224 g/mol. The Hall–Kier alpha value is -1.29. The van der Waals surface area contributed by atoms with Crippen molar-refractivity contribution in [3.63, 3.8) is 0 Å². The normalized spacial score (nSPS) is 10.0. The fourth-order valence-electron chi connectivity index (χ4n) is 1.40. The molecule has 0 atom stereocenters. The first-order chi connectivity index (χ1) is 7.06. The van der Waals surface area contributed by atoms with Crippen LogP contribution in [0.15, 0.2) is 23.1 Å². The lowest BCUT2D eigenvalue weighted by Crippen LogP contribution is -2.07. The summed E-state index contributed by atoms with van der Waals surface area (Å²) in [6.07, 6.45) is 2.00. The highest BCUT2D eigenvalue weighted by Crippen LogP contribution is 2.24. The smallest absolute Gasteiger partial charge is 0.337 e. The zero-order valence-electron chi connectivity index (χ0n) is 8.61. The topological polar surface area (TPSA) is 54.4 Å². The Kier molecular flexibility index (Phi) is 3.91. The fraction of sp³-hybridized carbons (Fsp3) is 0.273. The molecular formula is C11H12O3S. The van der Waals surface area contributed by atoms with E-state index in [0.29, 0.717) is 10.5 Å². The van der Waals surface area contributed by atoms with E-state index < -0.39 is 5.97 Å². The average molecular weight is 224 g/mol. The van der Waals surface area contributed by atoms with E-state index in [4.69, 9.17) is 5.11 Å². The van der Waals surface area contributed by atoms with Crippen LogP contribution in [0.4, 0.5) is 0 Å². The molecule has 1 rings (SSSR count). The van der Waals surface area contributed by atoms with Crippen molar-refractivity contribution in [1.82, 2.24) is 0 Å². The molecule has 0 heterocycles. The van der Waals surface area contributed by atoms with Crippen LogP contribution in [0.5, 0.6) is 0 Å². The van der Waals surface area contributed by atoms with Crippen molar-refractivity contribution in [1.29, 1.82) is 0 Å². The zero-order chi connectivity index (χ0) is 11.4. The van der Waals surface area contributed by atoms with Gasteiger partial charge >= 0.3 is 5.97 Å². The molecule has 1 aromatic rings. The highest BCUT2D eigenvalue weighted by atomic mass is 32.2. The molecule has 15 heavy (non-hydrogen) atoms. The van der Waals surface area contributed by atoms with Crippen molar-refractivity contribution in [2.75, 3.05) is 6.26 Å². The Morgan fingerprint density at radius 2 is 2.07 bits per heavy atom. The number of carbonyl (C=O) groups is 2. The molecule has 0 spiro atoms. The quantitative estimate of drug-likeness (QED) is 0.797. The first-order valence-electron chi connectivity index (χ1n) is 4.45. The minimum atomic E-state index is -0.976. The van der Waals surface area contributed by atoms with Crippen molar-refractivity contribution in [2.45, 2.75) is 18.2 Å². The first-order valence-corrected chi connectivity index (χ1v) is 5.67. The Morgan fingerprint density at radius 3 is 2.53 bits per heavy atom. The zero-order valence-corrected chi connectivity index (χ0v) is 9.43. The molecule has 0 saturated heterocycles. The maximum atomic E-state index is 11.1. The van der Waals surface area contributed by atoms with Gasteiger partial charge in [-0.25, -0.2) is 4.79 Å². The van der Waals surface area contributed by atoms with Crippen LogP contribution in [0.3, 0.4) is 0 Å². The maximum absolute atomic E-state index is 11.1. The number of rotatable bonds is 4. The van der Waals surface area contributed by atoms with Crippen LogP contribution in [0.1, 0.15) is 22.8 Å². The second-order valence-corrected chi connectivity index (χ2v) is 4.03. The summed E-state index contributed by atoms with van der Waals surface area (Å²) in [5, 5.41) is 9.07. The summed E-state index contributed by atoms with van der Waals surface area (Å²) >= 11 is 1.37. The molecule has 3 nitrogen and oxygen atoms in total. The van der Waals surface area contributed by atoms with Crippen LogP contribution in [-0.4, -0.2) is 23.1 Å². The van der Waals surface area contributed by atoms with E-state index in [9.17, 15) is 9.59 Å². The van der Waals surface area contributed by atoms with Gasteiger partial charge in [0.15, 0.2) is 0 Å². The van der Waals surface area contributed by atoms with E-state index in [0.717, 1.165) is 0 Å². The lowest BCUT2D eigenvalue weighted by Gasteiger charge is -2.08. The van der Waals surface area contributed by atoms with Gasteiger partial charge in [0, 0.05) is 11.3 Å². The number of hydrogen-bond donors (Lipinski definition) is 1. The molecule has 0 aromatic heterocycles. The van der Waals surface area contributed by atoms with Crippen LogP contribution in [0, 0.1) is 0 Å². The minimum Gasteiger partial charge on any atom is -0.478 e. The van der Waals surface area contributed by atoms with Gasteiger partial charge in [-0.15, -0.1) is 11.8 Å². The number of ketones is 1. The molecule has 0 bridgehead atoms. The first kappa shape index (κ1) is 11.8. The van der Waals surface area contributed by atoms with Gasteiger partial charge in [0.25, 0.3) is 0 Å². The van der Waals surface area contributed by atoms with Gasteiger partial charge in [-0.2, -0.15) is 0 Å². The lowest BCUT2D eigenvalue weighted by molar-refractivity contribution is -0.116. The highest BCUT2D eigenvalue weighted by molar-refractivity contribution is 7.98. The van der Waals surface area contributed by atoms with E-state index in [1.54, 1.807) is 18.2 Å². The van der Waals surface area contributed by atoms with E-state index in [1.165, 1.54) is 18.7 Å². The molecule has 0 radical (unpaired) electrons. The van der Waals surface area contributed by atoms with Crippen molar-refractivity contribution in [2.24, 2.45) is 0 Å². The summed E-state index contributed by atoms with van der Waals surface area (Å²) in [5.41, 5.74) is 0.835. The molecule has 0 aliphatic carbocycles. The molecule has 0 amide bonds. The molecule has 0 saturated carbocycles. The van der Waals surface area contributed by atoms with Gasteiger partial charge in [0.1, 0.15) is 5.78 Å². The SMILES string of the molecule is CSc1cccc(CC(C)=O)c1C(=O)O. The summed E-state index contributed by atoms with van der Waals surface area (Å²) in [7, 11) is 0. The maximum Gasteiger partial charge on any atom is 0.337 e. The number of hydrogen-bond acceptors (Lipinski definition) is 3. The molecule has 0 fully saturated rings. The highest BCUT2D eigenvalue weighted by Gasteiger charge is 2.15. The number of carboxylic acid groups (broad SMARTS) is 1.